The standard InChI is InChI=1S/C14H18N2/c15-10-9-14(13-7-3-1-4-8-13)16-11-5-2-6-12-16/h1,3-4,7-8,14H,2,5-6,9,11-12H2. The third kappa shape index (κ3) is 2.62. The van der Waals surface area contributed by atoms with Crippen molar-refractivity contribution in [1.82, 2.24) is 4.90 Å². The van der Waals surface area contributed by atoms with Gasteiger partial charge in [0.25, 0.3) is 0 Å². The SMILES string of the molecule is N#CCC(c1ccccc1)N1CCCCC1. The molecule has 0 spiro atoms. The Morgan fingerprint density at radius 2 is 1.81 bits per heavy atom. The number of hydrogen-bond donors (Lipinski definition) is 0. The molecule has 0 N–H and O–H groups in total. The van der Waals surface area contributed by atoms with Gasteiger partial charge in [-0.3, -0.25) is 4.90 Å². The summed E-state index contributed by atoms with van der Waals surface area (Å²) in [6.07, 6.45) is 4.48. The van der Waals surface area contributed by atoms with Crippen molar-refractivity contribution in [2.75, 3.05) is 13.1 Å². The lowest BCUT2D eigenvalue weighted by atomic mass is 9.99. The molecule has 1 aliphatic rings. The Bertz CT molecular complexity index is 347. The van der Waals surface area contributed by atoms with Gasteiger partial charge in [-0.25, -0.2) is 0 Å². The molecular formula is C14H18N2. The first-order valence-corrected chi connectivity index (χ1v) is 6.08. The smallest absolute Gasteiger partial charge is 0.0641 e. The molecule has 84 valence electrons. The number of nitrogens with zero attached hydrogens (tertiary/aromatic N) is 2. The lowest BCUT2D eigenvalue weighted by Gasteiger charge is -2.33. The molecule has 1 heterocycles. The quantitative estimate of drug-likeness (QED) is 0.773. The first kappa shape index (κ1) is 11.2. The molecule has 0 aliphatic carbocycles. The van der Waals surface area contributed by atoms with Crippen molar-refractivity contribution < 1.29 is 0 Å². The van der Waals surface area contributed by atoms with Gasteiger partial charge >= 0.3 is 0 Å². The molecule has 1 unspecified atom stereocenters. The van der Waals surface area contributed by atoms with Crippen molar-refractivity contribution >= 4 is 0 Å². The second-order valence-corrected chi connectivity index (χ2v) is 4.39. The van der Waals surface area contributed by atoms with Gasteiger partial charge in [-0.05, 0) is 31.5 Å². The zero-order valence-electron chi connectivity index (χ0n) is 9.60. The molecule has 1 aliphatic heterocycles. The van der Waals surface area contributed by atoms with Crippen molar-refractivity contribution in [2.45, 2.75) is 31.7 Å². The normalized spacial score (nSPS) is 18.9. The Hall–Kier alpha value is -1.33. The molecule has 16 heavy (non-hydrogen) atoms. The number of rotatable bonds is 3. The molecule has 1 fully saturated rings. The van der Waals surface area contributed by atoms with E-state index in [1.807, 2.05) is 6.07 Å². The Kier molecular flexibility index (Phi) is 3.96. The van der Waals surface area contributed by atoms with Gasteiger partial charge in [-0.2, -0.15) is 5.26 Å². The minimum absolute atomic E-state index is 0.298. The highest BCUT2D eigenvalue weighted by Gasteiger charge is 2.21. The van der Waals surface area contributed by atoms with E-state index in [0.29, 0.717) is 12.5 Å². The van der Waals surface area contributed by atoms with E-state index in [2.05, 4.69) is 35.2 Å². The van der Waals surface area contributed by atoms with Crippen molar-refractivity contribution in [3.63, 3.8) is 0 Å². The van der Waals surface area contributed by atoms with Crippen LogP contribution < -0.4 is 0 Å². The number of likely N-dealkylation sites (tertiary alicyclic amines) is 1. The summed E-state index contributed by atoms with van der Waals surface area (Å²) < 4.78 is 0. The Labute approximate surface area is 97.5 Å². The van der Waals surface area contributed by atoms with E-state index in [1.54, 1.807) is 0 Å². The zero-order valence-corrected chi connectivity index (χ0v) is 9.60. The average Bonchev–Trinajstić information content (AvgIpc) is 2.38. The first-order valence-electron chi connectivity index (χ1n) is 6.08. The van der Waals surface area contributed by atoms with Gasteiger partial charge in [0.15, 0.2) is 0 Å². The third-order valence-electron chi connectivity index (χ3n) is 3.30. The Morgan fingerprint density at radius 3 is 2.44 bits per heavy atom. The van der Waals surface area contributed by atoms with E-state index < -0.39 is 0 Å². The molecule has 2 heteroatoms. The van der Waals surface area contributed by atoms with Crippen molar-refractivity contribution in [3.8, 4) is 6.07 Å². The largest absolute Gasteiger partial charge is 0.295 e. The van der Waals surface area contributed by atoms with Gasteiger partial charge in [0.2, 0.25) is 0 Å². The summed E-state index contributed by atoms with van der Waals surface area (Å²) in [6.45, 7) is 2.28. The van der Waals surface area contributed by atoms with E-state index in [-0.39, 0.29) is 0 Å². The van der Waals surface area contributed by atoms with E-state index in [0.717, 1.165) is 13.1 Å². The predicted octanol–water partition coefficient (Wildman–Crippen LogP) is 3.13. The fourth-order valence-electron chi connectivity index (χ4n) is 2.45. The highest BCUT2D eigenvalue weighted by Crippen LogP contribution is 2.26. The Balaban J connectivity index is 2.13. The summed E-state index contributed by atoms with van der Waals surface area (Å²) in [4.78, 5) is 2.46. The number of piperidine rings is 1. The molecule has 1 saturated heterocycles. The van der Waals surface area contributed by atoms with Gasteiger partial charge in [-0.1, -0.05) is 36.8 Å². The average molecular weight is 214 g/mol. The maximum absolute atomic E-state index is 8.95. The molecule has 1 atom stereocenters. The molecule has 0 bridgehead atoms. The molecular weight excluding hydrogens is 196 g/mol. The van der Waals surface area contributed by atoms with Crippen molar-refractivity contribution in [3.05, 3.63) is 35.9 Å². The summed E-state index contributed by atoms with van der Waals surface area (Å²) in [5, 5.41) is 8.95. The van der Waals surface area contributed by atoms with Crippen LogP contribution in [0.5, 0.6) is 0 Å². The summed E-state index contributed by atoms with van der Waals surface area (Å²) in [5.74, 6) is 0. The molecule has 0 aromatic heterocycles. The van der Waals surface area contributed by atoms with E-state index in [9.17, 15) is 0 Å². The Morgan fingerprint density at radius 1 is 1.12 bits per heavy atom. The summed E-state index contributed by atoms with van der Waals surface area (Å²) in [5.41, 5.74) is 1.28. The first-order chi connectivity index (χ1) is 7.92. The molecule has 2 rings (SSSR count). The summed E-state index contributed by atoms with van der Waals surface area (Å²) in [7, 11) is 0. The van der Waals surface area contributed by atoms with Crippen LogP contribution >= 0.6 is 0 Å². The summed E-state index contributed by atoms with van der Waals surface area (Å²) >= 11 is 0. The predicted molar refractivity (Wildman–Crippen MR) is 64.8 cm³/mol. The fourth-order valence-corrected chi connectivity index (χ4v) is 2.45. The second-order valence-electron chi connectivity index (χ2n) is 4.39. The third-order valence-corrected chi connectivity index (χ3v) is 3.30. The van der Waals surface area contributed by atoms with Crippen LogP contribution in [0, 0.1) is 11.3 Å². The highest BCUT2D eigenvalue weighted by atomic mass is 15.2. The van der Waals surface area contributed by atoms with Crippen LogP contribution in [0.2, 0.25) is 0 Å². The number of benzene rings is 1. The lowest BCUT2D eigenvalue weighted by molar-refractivity contribution is 0.165. The lowest BCUT2D eigenvalue weighted by Crippen LogP contribution is -2.33. The maximum Gasteiger partial charge on any atom is 0.0641 e. The molecule has 1 aromatic rings. The van der Waals surface area contributed by atoms with Crippen molar-refractivity contribution in [2.24, 2.45) is 0 Å². The van der Waals surface area contributed by atoms with Crippen LogP contribution in [0.1, 0.15) is 37.3 Å². The fraction of sp³-hybridized carbons (Fsp3) is 0.500. The monoisotopic (exact) mass is 214 g/mol. The molecule has 1 aromatic carbocycles. The van der Waals surface area contributed by atoms with Crippen molar-refractivity contribution in [1.29, 1.82) is 5.26 Å². The van der Waals surface area contributed by atoms with Gasteiger partial charge in [0.1, 0.15) is 0 Å². The highest BCUT2D eigenvalue weighted by molar-refractivity contribution is 5.20. The number of nitriles is 1. The minimum atomic E-state index is 0.298. The summed E-state index contributed by atoms with van der Waals surface area (Å²) in [6, 6.07) is 13.0. The van der Waals surface area contributed by atoms with Gasteiger partial charge in [-0.15, -0.1) is 0 Å². The van der Waals surface area contributed by atoms with Gasteiger partial charge in [0, 0.05) is 6.04 Å². The van der Waals surface area contributed by atoms with Crippen LogP contribution in [0.25, 0.3) is 0 Å². The second kappa shape index (κ2) is 5.67. The topological polar surface area (TPSA) is 27.0 Å². The van der Waals surface area contributed by atoms with E-state index in [1.165, 1.54) is 24.8 Å². The number of hydrogen-bond acceptors (Lipinski definition) is 2. The molecule has 0 saturated carbocycles. The molecule has 0 radical (unpaired) electrons. The van der Waals surface area contributed by atoms with Crippen LogP contribution in [-0.2, 0) is 0 Å². The van der Waals surface area contributed by atoms with E-state index in [4.69, 9.17) is 5.26 Å². The van der Waals surface area contributed by atoms with Crippen LogP contribution in [0.4, 0.5) is 0 Å². The van der Waals surface area contributed by atoms with Crippen LogP contribution in [0.15, 0.2) is 30.3 Å². The van der Waals surface area contributed by atoms with Gasteiger partial charge < -0.3 is 0 Å². The van der Waals surface area contributed by atoms with Crippen LogP contribution in [-0.4, -0.2) is 18.0 Å². The maximum atomic E-state index is 8.95. The minimum Gasteiger partial charge on any atom is -0.295 e. The van der Waals surface area contributed by atoms with E-state index >= 15 is 0 Å². The van der Waals surface area contributed by atoms with Crippen LogP contribution in [0.3, 0.4) is 0 Å². The molecule has 0 amide bonds. The molecule has 2 nitrogen and oxygen atoms in total. The zero-order chi connectivity index (χ0) is 11.2. The van der Waals surface area contributed by atoms with Gasteiger partial charge in [0.05, 0.1) is 12.5 Å².